The van der Waals surface area contributed by atoms with E-state index in [1.54, 1.807) is 6.21 Å². The minimum Gasteiger partial charge on any atom is -0.290 e. The average molecular weight is 212 g/mol. The van der Waals surface area contributed by atoms with Gasteiger partial charge in [-0.2, -0.15) is 0 Å². The molecular formula is C14H14NO+. The van der Waals surface area contributed by atoms with Gasteiger partial charge in [0.2, 0.25) is 12.8 Å². The molecule has 0 aliphatic rings. The number of hydroxylamine groups is 1. The smallest absolute Gasteiger partial charge is 0.223 e. The molecule has 0 spiro atoms. The van der Waals surface area contributed by atoms with E-state index >= 15 is 0 Å². The van der Waals surface area contributed by atoms with Crippen molar-refractivity contribution in [1.29, 1.82) is 0 Å². The van der Waals surface area contributed by atoms with Crippen LogP contribution in [-0.2, 0) is 6.54 Å². The third-order valence-electron chi connectivity index (χ3n) is 2.29. The Bertz CT molecular complexity index is 463. The molecule has 0 saturated heterocycles. The van der Waals surface area contributed by atoms with E-state index < -0.39 is 0 Å². The van der Waals surface area contributed by atoms with Crippen molar-refractivity contribution < 1.29 is 9.95 Å². The van der Waals surface area contributed by atoms with Crippen molar-refractivity contribution in [2.45, 2.75) is 6.54 Å². The zero-order valence-corrected chi connectivity index (χ0v) is 8.95. The van der Waals surface area contributed by atoms with E-state index in [1.165, 1.54) is 4.74 Å². The minimum absolute atomic E-state index is 0.496. The first-order chi connectivity index (χ1) is 7.84. The van der Waals surface area contributed by atoms with Gasteiger partial charge in [-0.05, 0) is 16.9 Å². The molecule has 1 N–H and O–H groups in total. The van der Waals surface area contributed by atoms with Crippen LogP contribution in [0.5, 0.6) is 0 Å². The summed E-state index contributed by atoms with van der Waals surface area (Å²) in [7, 11) is 0. The summed E-state index contributed by atoms with van der Waals surface area (Å²) in [5.74, 6) is 0. The highest BCUT2D eigenvalue weighted by Gasteiger charge is 2.03. The maximum Gasteiger partial charge on any atom is 0.223 e. The molecule has 80 valence electrons. The van der Waals surface area contributed by atoms with E-state index in [4.69, 9.17) is 0 Å². The van der Waals surface area contributed by atoms with Crippen molar-refractivity contribution in [3.63, 3.8) is 0 Å². The van der Waals surface area contributed by atoms with Crippen LogP contribution in [0.25, 0.3) is 0 Å². The van der Waals surface area contributed by atoms with Gasteiger partial charge in [0.1, 0.15) is 0 Å². The van der Waals surface area contributed by atoms with Crippen molar-refractivity contribution in [1.82, 2.24) is 0 Å². The largest absolute Gasteiger partial charge is 0.290 e. The summed E-state index contributed by atoms with van der Waals surface area (Å²) < 4.78 is 1.20. The fourth-order valence-corrected chi connectivity index (χ4v) is 1.53. The number of hydrogen-bond acceptors (Lipinski definition) is 1. The molecule has 0 aliphatic carbocycles. The van der Waals surface area contributed by atoms with Gasteiger partial charge >= 0.3 is 0 Å². The van der Waals surface area contributed by atoms with Crippen LogP contribution in [0.15, 0.2) is 60.7 Å². The monoisotopic (exact) mass is 212 g/mol. The Balaban J connectivity index is 2.09. The van der Waals surface area contributed by atoms with E-state index in [2.05, 4.69) is 0 Å². The zero-order chi connectivity index (χ0) is 11.2. The van der Waals surface area contributed by atoms with E-state index in [1.807, 2.05) is 60.7 Å². The fraction of sp³-hybridized carbons (Fsp3) is 0.0714. The lowest BCUT2D eigenvalue weighted by atomic mass is 10.2. The summed E-state index contributed by atoms with van der Waals surface area (Å²) in [6, 6.07) is 19.6. The molecule has 2 rings (SSSR count). The Morgan fingerprint density at radius 1 is 0.875 bits per heavy atom. The molecular weight excluding hydrogens is 198 g/mol. The Labute approximate surface area is 95.1 Å². The maximum atomic E-state index is 9.73. The fourth-order valence-electron chi connectivity index (χ4n) is 1.53. The highest BCUT2D eigenvalue weighted by molar-refractivity contribution is 5.75. The molecule has 2 heteroatoms. The van der Waals surface area contributed by atoms with Crippen molar-refractivity contribution in [2.24, 2.45) is 0 Å². The van der Waals surface area contributed by atoms with Crippen molar-refractivity contribution in [3.8, 4) is 0 Å². The van der Waals surface area contributed by atoms with Gasteiger partial charge in [0.25, 0.3) is 0 Å². The van der Waals surface area contributed by atoms with E-state index in [0.29, 0.717) is 6.54 Å². The van der Waals surface area contributed by atoms with Crippen LogP contribution >= 0.6 is 0 Å². The molecule has 2 aromatic rings. The second kappa shape index (κ2) is 5.12. The maximum absolute atomic E-state index is 9.73. The summed E-state index contributed by atoms with van der Waals surface area (Å²) in [5.41, 5.74) is 2.07. The molecule has 0 aliphatic heterocycles. The van der Waals surface area contributed by atoms with Crippen molar-refractivity contribution >= 4 is 6.21 Å². The van der Waals surface area contributed by atoms with Gasteiger partial charge in [0.15, 0.2) is 0 Å². The first kappa shape index (κ1) is 10.4. The van der Waals surface area contributed by atoms with Crippen LogP contribution in [0, 0.1) is 0 Å². The summed E-state index contributed by atoms with van der Waals surface area (Å²) in [4.78, 5) is 0. The molecule has 0 fully saturated rings. The van der Waals surface area contributed by atoms with Gasteiger partial charge in [-0.15, -0.1) is 0 Å². The molecule has 0 saturated carbocycles. The van der Waals surface area contributed by atoms with Gasteiger partial charge in [-0.25, -0.2) is 0 Å². The Hall–Kier alpha value is -2.09. The van der Waals surface area contributed by atoms with E-state index in [0.717, 1.165) is 11.1 Å². The predicted octanol–water partition coefficient (Wildman–Crippen LogP) is 2.71. The molecule has 0 aromatic heterocycles. The Kier molecular flexibility index (Phi) is 3.34. The van der Waals surface area contributed by atoms with Crippen LogP contribution < -0.4 is 0 Å². The molecule has 0 radical (unpaired) electrons. The molecule has 2 nitrogen and oxygen atoms in total. The SMILES string of the molecule is O/[N+](=C\c1ccccc1)Cc1ccccc1. The lowest BCUT2D eigenvalue weighted by Crippen LogP contribution is -2.08. The van der Waals surface area contributed by atoms with Crippen LogP contribution in [0.2, 0.25) is 0 Å². The Morgan fingerprint density at radius 3 is 2.06 bits per heavy atom. The number of rotatable bonds is 3. The predicted molar refractivity (Wildman–Crippen MR) is 63.8 cm³/mol. The van der Waals surface area contributed by atoms with Crippen molar-refractivity contribution in [2.75, 3.05) is 0 Å². The van der Waals surface area contributed by atoms with Crippen molar-refractivity contribution in [3.05, 3.63) is 71.8 Å². The second-order valence-electron chi connectivity index (χ2n) is 3.62. The highest BCUT2D eigenvalue weighted by Crippen LogP contribution is 2.00. The lowest BCUT2D eigenvalue weighted by Gasteiger charge is -1.95. The van der Waals surface area contributed by atoms with E-state index in [9.17, 15) is 5.21 Å². The average Bonchev–Trinajstić information content (AvgIpc) is 2.31. The topological polar surface area (TPSA) is 23.2 Å². The quantitative estimate of drug-likeness (QED) is 0.359. The van der Waals surface area contributed by atoms with Gasteiger partial charge in [-0.3, -0.25) is 5.21 Å². The summed E-state index contributed by atoms with van der Waals surface area (Å²) in [6.07, 6.45) is 1.72. The molecule has 16 heavy (non-hydrogen) atoms. The summed E-state index contributed by atoms with van der Waals surface area (Å²) >= 11 is 0. The first-order valence-corrected chi connectivity index (χ1v) is 5.24. The Morgan fingerprint density at radius 2 is 1.44 bits per heavy atom. The number of benzene rings is 2. The van der Waals surface area contributed by atoms with Gasteiger partial charge in [-0.1, -0.05) is 48.5 Å². The van der Waals surface area contributed by atoms with Gasteiger partial charge in [0.05, 0.1) is 0 Å². The minimum atomic E-state index is 0.496. The van der Waals surface area contributed by atoms with Gasteiger partial charge < -0.3 is 0 Å². The lowest BCUT2D eigenvalue weighted by molar-refractivity contribution is -0.783. The third kappa shape index (κ3) is 2.95. The molecule has 0 atom stereocenters. The molecule has 0 heterocycles. The van der Waals surface area contributed by atoms with E-state index in [-0.39, 0.29) is 0 Å². The van der Waals surface area contributed by atoms with Gasteiger partial charge in [0, 0.05) is 11.1 Å². The van der Waals surface area contributed by atoms with Crippen LogP contribution in [-0.4, -0.2) is 16.2 Å². The number of hydrogen-bond donors (Lipinski definition) is 1. The third-order valence-corrected chi connectivity index (χ3v) is 2.29. The molecule has 0 amide bonds. The normalized spacial score (nSPS) is 11.4. The molecule has 2 aromatic carbocycles. The number of nitrogens with zero attached hydrogens (tertiary/aromatic N) is 1. The molecule has 0 bridgehead atoms. The first-order valence-electron chi connectivity index (χ1n) is 5.24. The zero-order valence-electron chi connectivity index (χ0n) is 8.95. The second-order valence-corrected chi connectivity index (χ2v) is 3.62. The highest BCUT2D eigenvalue weighted by atomic mass is 16.5. The van der Waals surface area contributed by atoms with Crippen LogP contribution in [0.4, 0.5) is 0 Å². The van der Waals surface area contributed by atoms with Crippen LogP contribution in [0.1, 0.15) is 11.1 Å². The summed E-state index contributed by atoms with van der Waals surface area (Å²) in [5, 5.41) is 9.73. The molecule has 0 unspecified atom stereocenters. The van der Waals surface area contributed by atoms with Crippen LogP contribution in [0.3, 0.4) is 0 Å². The summed E-state index contributed by atoms with van der Waals surface area (Å²) in [6.45, 7) is 0.496. The standard InChI is InChI=1S/C14H14NO/c16-15(11-13-7-3-1-4-8-13)12-14-9-5-2-6-10-14/h1-11,16H,12H2/q+1/b15-11-.